The third-order valence-electron chi connectivity index (χ3n) is 1.73. The first-order valence-corrected chi connectivity index (χ1v) is 6.41. The number of carbonyl (C=O) groups is 2. The Morgan fingerprint density at radius 2 is 1.45 bits per heavy atom. The second kappa shape index (κ2) is 9.44. The third-order valence-corrected chi connectivity index (χ3v) is 1.84. The predicted molar refractivity (Wildman–Crippen MR) is 75.8 cm³/mol. The second-order valence-electron chi connectivity index (χ2n) is 5.83. The van der Waals surface area contributed by atoms with Crippen molar-refractivity contribution >= 4 is 23.5 Å². The van der Waals surface area contributed by atoms with Crippen molar-refractivity contribution in [2.45, 2.75) is 41.5 Å². The molecule has 0 aromatic carbocycles. The molecule has 0 N–H and O–H groups in total. The van der Waals surface area contributed by atoms with Crippen molar-refractivity contribution < 1.29 is 19.1 Å². The third kappa shape index (κ3) is 11.6. The van der Waals surface area contributed by atoms with Gasteiger partial charge in [-0.3, -0.25) is 9.59 Å². The van der Waals surface area contributed by atoms with Gasteiger partial charge in [0.25, 0.3) is 0 Å². The summed E-state index contributed by atoms with van der Waals surface area (Å²) in [4.78, 5) is 24.1. The van der Waals surface area contributed by atoms with E-state index >= 15 is 0 Å². The van der Waals surface area contributed by atoms with E-state index in [1.54, 1.807) is 41.5 Å². The zero-order chi connectivity index (χ0) is 16.4. The molecule has 8 heteroatoms. The lowest BCUT2D eigenvalue weighted by molar-refractivity contribution is -0.152. The number of azide groups is 1. The molecule has 0 saturated carbocycles. The van der Waals surface area contributed by atoms with Gasteiger partial charge in [-0.05, 0) is 47.1 Å². The number of esters is 2. The van der Waals surface area contributed by atoms with Crippen LogP contribution < -0.4 is 0 Å². The summed E-state index contributed by atoms with van der Waals surface area (Å²) < 4.78 is 9.12. The first kappa shape index (κ1) is 20.8. The summed E-state index contributed by atoms with van der Waals surface area (Å²) in [7, 11) is 0. The fourth-order valence-corrected chi connectivity index (χ4v) is 0.695. The Bertz CT molecular complexity index is 366. The van der Waals surface area contributed by atoms with E-state index in [9.17, 15) is 9.59 Å². The van der Waals surface area contributed by atoms with Gasteiger partial charge in [0.1, 0.15) is 0 Å². The van der Waals surface area contributed by atoms with Crippen LogP contribution in [0.5, 0.6) is 0 Å². The van der Waals surface area contributed by atoms with Crippen LogP contribution >= 0.6 is 11.6 Å². The van der Waals surface area contributed by atoms with Crippen molar-refractivity contribution in [3.8, 4) is 0 Å². The highest BCUT2D eigenvalue weighted by molar-refractivity contribution is 6.17. The van der Waals surface area contributed by atoms with Crippen molar-refractivity contribution in [2.75, 3.05) is 12.8 Å². The Labute approximate surface area is 124 Å². The molecule has 0 aliphatic carbocycles. The molecule has 0 bridgehead atoms. The molecule has 0 spiro atoms. The van der Waals surface area contributed by atoms with E-state index in [0.29, 0.717) is 0 Å². The lowest BCUT2D eigenvalue weighted by atomic mass is 9.98. The van der Waals surface area contributed by atoms with Gasteiger partial charge in [0.2, 0.25) is 0 Å². The Morgan fingerprint density at radius 1 is 1.05 bits per heavy atom. The summed E-state index contributed by atoms with van der Waals surface area (Å²) in [6.07, 6.45) is 0. The number of nitrogens with zero attached hydrogens (tertiary/aromatic N) is 3. The highest BCUT2D eigenvalue weighted by Crippen LogP contribution is 2.15. The average Bonchev–Trinajstić information content (AvgIpc) is 2.28. The van der Waals surface area contributed by atoms with Crippen LogP contribution in [0, 0.1) is 10.8 Å². The number of alkyl halides is 1. The van der Waals surface area contributed by atoms with Gasteiger partial charge in [-0.15, -0.1) is 0 Å². The molecule has 20 heavy (non-hydrogen) atoms. The average molecular weight is 308 g/mol. The summed E-state index contributed by atoms with van der Waals surface area (Å²) in [6.45, 7) is 10.3. The summed E-state index contributed by atoms with van der Waals surface area (Å²) >= 11 is 5.16. The zero-order valence-electron chi connectivity index (χ0n) is 12.8. The minimum Gasteiger partial charge on any atom is -0.459 e. The van der Waals surface area contributed by atoms with Gasteiger partial charge in [-0.25, -0.2) is 0 Å². The zero-order valence-corrected chi connectivity index (χ0v) is 13.5. The molecule has 0 atom stereocenters. The molecule has 116 valence electrons. The van der Waals surface area contributed by atoms with Gasteiger partial charge in [0, 0.05) is 4.91 Å². The topological polar surface area (TPSA) is 101 Å². The maximum absolute atomic E-state index is 10.9. The van der Waals surface area contributed by atoms with Crippen LogP contribution in [-0.4, -0.2) is 24.7 Å². The largest absolute Gasteiger partial charge is 0.459 e. The summed E-state index contributed by atoms with van der Waals surface area (Å²) in [5.74, 6) is -0.637. The number of hydrogen-bond donors (Lipinski definition) is 0. The number of rotatable bonds is 3. The molecule has 0 aromatic heterocycles. The van der Waals surface area contributed by atoms with Crippen LogP contribution in [0.2, 0.25) is 0 Å². The van der Waals surface area contributed by atoms with Crippen LogP contribution in [0.4, 0.5) is 0 Å². The predicted octanol–water partition coefficient (Wildman–Crippen LogP) is 3.62. The van der Waals surface area contributed by atoms with Gasteiger partial charge < -0.3 is 9.47 Å². The molecule has 0 aliphatic heterocycles. The van der Waals surface area contributed by atoms with E-state index in [2.05, 4.69) is 19.5 Å². The highest BCUT2D eigenvalue weighted by Gasteiger charge is 2.22. The van der Waals surface area contributed by atoms with Gasteiger partial charge in [-0.2, -0.15) is 0 Å². The summed E-state index contributed by atoms with van der Waals surface area (Å²) in [5, 5.41) is 3.06. The minimum absolute atomic E-state index is 0.0594. The second-order valence-corrected chi connectivity index (χ2v) is 6.05. The van der Waals surface area contributed by atoms with Crippen molar-refractivity contribution in [3.63, 3.8) is 0 Å². The van der Waals surface area contributed by atoms with Crippen molar-refractivity contribution in [1.29, 1.82) is 0 Å². The normalized spacial score (nSPS) is 10.6. The highest BCUT2D eigenvalue weighted by atomic mass is 35.5. The fourth-order valence-electron chi connectivity index (χ4n) is 0.596. The van der Waals surface area contributed by atoms with Gasteiger partial charge >= 0.3 is 11.9 Å². The van der Waals surface area contributed by atoms with Crippen molar-refractivity contribution in [3.05, 3.63) is 10.4 Å². The van der Waals surface area contributed by atoms with Crippen LogP contribution in [0.3, 0.4) is 0 Å². The van der Waals surface area contributed by atoms with E-state index in [-0.39, 0.29) is 24.7 Å². The van der Waals surface area contributed by atoms with Gasteiger partial charge in [-0.1, -0.05) is 16.7 Å². The molecular formula is C12H22ClN3O4. The van der Waals surface area contributed by atoms with Gasteiger partial charge in [0.15, 0.2) is 12.8 Å². The molecule has 0 rings (SSSR count). The quantitative estimate of drug-likeness (QED) is 0.261. The maximum Gasteiger partial charge on any atom is 0.312 e. The molecule has 0 heterocycles. The van der Waals surface area contributed by atoms with E-state index in [1.807, 2.05) is 0 Å². The van der Waals surface area contributed by atoms with Crippen LogP contribution in [-0.2, 0) is 19.1 Å². The number of halogens is 1. The monoisotopic (exact) mass is 307 g/mol. The molecule has 0 aliphatic rings. The van der Waals surface area contributed by atoms with E-state index < -0.39 is 10.8 Å². The number of ether oxygens (including phenoxy) is 2. The molecule has 0 unspecified atom stereocenters. The van der Waals surface area contributed by atoms with Crippen LogP contribution in [0.15, 0.2) is 5.11 Å². The molecule has 0 aromatic rings. The lowest BCUT2D eigenvalue weighted by Crippen LogP contribution is -2.22. The molecule has 0 saturated heterocycles. The van der Waals surface area contributed by atoms with Crippen molar-refractivity contribution in [2.24, 2.45) is 15.9 Å². The molecule has 0 fully saturated rings. The number of hydrogen-bond acceptors (Lipinski definition) is 5. The number of carbonyl (C=O) groups excluding carboxylic acids is 2. The maximum atomic E-state index is 10.9. The van der Waals surface area contributed by atoms with Crippen LogP contribution in [0.25, 0.3) is 10.4 Å². The van der Waals surface area contributed by atoms with Crippen LogP contribution in [0.1, 0.15) is 41.5 Å². The van der Waals surface area contributed by atoms with Crippen molar-refractivity contribution in [1.82, 2.24) is 0 Å². The lowest BCUT2D eigenvalue weighted by Gasteiger charge is -2.14. The van der Waals surface area contributed by atoms with Gasteiger partial charge in [0.05, 0.1) is 10.8 Å². The summed E-state index contributed by atoms with van der Waals surface area (Å²) in [5.41, 5.74) is 6.88. The molecule has 0 radical (unpaired) electrons. The fraction of sp³-hybridized carbons (Fsp3) is 0.833. The molecule has 7 nitrogen and oxygen atoms in total. The standard InChI is InChI=1S/C6H11ClO2.C6H11N3O2/c1-6(2,3)5(8)9-4-7;1-6(2,3)5(10)11-4-8-9-7/h4H2,1-3H3;4H2,1-3H3. The molecule has 0 amide bonds. The smallest absolute Gasteiger partial charge is 0.312 e. The van der Waals surface area contributed by atoms with E-state index in [4.69, 9.17) is 17.1 Å². The SMILES string of the molecule is CC(C)(C)C(=O)OCCl.CC(C)(C)C(=O)OCN=[N+]=[N-]. The Balaban J connectivity index is 0. The Morgan fingerprint density at radius 3 is 1.70 bits per heavy atom. The summed E-state index contributed by atoms with van der Waals surface area (Å²) in [6, 6.07) is -0.0594. The Kier molecular flexibility index (Phi) is 9.85. The molecular weight excluding hydrogens is 286 g/mol. The first-order chi connectivity index (χ1) is 8.96. The van der Waals surface area contributed by atoms with E-state index in [0.717, 1.165) is 0 Å². The first-order valence-electron chi connectivity index (χ1n) is 5.88. The van der Waals surface area contributed by atoms with E-state index in [1.165, 1.54) is 0 Å². The Hall–Kier alpha value is -1.46. The minimum atomic E-state index is -0.537.